The van der Waals surface area contributed by atoms with Crippen molar-refractivity contribution in [1.82, 2.24) is 9.80 Å². The van der Waals surface area contributed by atoms with Gasteiger partial charge < -0.3 is 15.4 Å². The van der Waals surface area contributed by atoms with Gasteiger partial charge in [-0.25, -0.2) is 0 Å². The van der Waals surface area contributed by atoms with E-state index in [9.17, 15) is 4.79 Å². The lowest BCUT2D eigenvalue weighted by Crippen LogP contribution is -2.47. The van der Waals surface area contributed by atoms with Gasteiger partial charge in [-0.05, 0) is 52.5 Å². The highest BCUT2D eigenvalue weighted by Gasteiger charge is 2.28. The van der Waals surface area contributed by atoms with Gasteiger partial charge in [0.15, 0.2) is 0 Å². The van der Waals surface area contributed by atoms with E-state index in [-0.39, 0.29) is 42.7 Å². The van der Waals surface area contributed by atoms with Crippen LogP contribution in [0.4, 0.5) is 0 Å². The molecule has 2 fully saturated rings. The van der Waals surface area contributed by atoms with E-state index in [1.807, 2.05) is 18.7 Å². The Bertz CT molecular complexity index is 381. The highest BCUT2D eigenvalue weighted by atomic mass is 35.5. The molecule has 4 atom stereocenters. The van der Waals surface area contributed by atoms with Gasteiger partial charge in [0.05, 0.1) is 18.1 Å². The molecule has 2 rings (SSSR count). The van der Waals surface area contributed by atoms with E-state index in [0.29, 0.717) is 12.2 Å². The van der Waals surface area contributed by atoms with Crippen LogP contribution in [-0.4, -0.2) is 66.7 Å². The molecular weight excluding hydrogens is 361 g/mol. The molecule has 2 saturated heterocycles. The summed E-state index contributed by atoms with van der Waals surface area (Å²) >= 11 is 0. The smallest absolute Gasteiger partial charge is 0.226 e. The van der Waals surface area contributed by atoms with Crippen molar-refractivity contribution >= 4 is 30.7 Å². The Morgan fingerprint density at radius 1 is 1.12 bits per heavy atom. The van der Waals surface area contributed by atoms with Crippen molar-refractivity contribution in [3.8, 4) is 0 Å². The molecule has 0 radical (unpaired) electrons. The molecule has 0 aromatic carbocycles. The molecule has 0 spiro atoms. The second-order valence-electron chi connectivity index (χ2n) is 7.72. The molecule has 0 saturated carbocycles. The van der Waals surface area contributed by atoms with E-state index in [0.717, 1.165) is 51.5 Å². The predicted octanol–water partition coefficient (Wildman–Crippen LogP) is 2.55. The standard InChI is InChI=1S/C18H35N3O2.2ClH/c1-13-11-20(12-14(2)23-13)8-5-17-6-9-21(10-7-17)18(22)15(3)16(4)19;;/h13-17H,5-12,19H2,1-4H3;2*1H. The molecule has 7 heteroatoms. The number of carbonyl (C=O) groups is 1. The van der Waals surface area contributed by atoms with E-state index in [1.54, 1.807) is 0 Å². The zero-order valence-corrected chi connectivity index (χ0v) is 17.8. The zero-order valence-electron chi connectivity index (χ0n) is 16.1. The van der Waals surface area contributed by atoms with Gasteiger partial charge in [-0.3, -0.25) is 9.69 Å². The number of amides is 1. The summed E-state index contributed by atoms with van der Waals surface area (Å²) in [6.45, 7) is 13.2. The molecule has 4 unspecified atom stereocenters. The molecule has 2 aliphatic heterocycles. The van der Waals surface area contributed by atoms with Gasteiger partial charge in [0, 0.05) is 32.2 Å². The molecule has 0 aromatic heterocycles. The number of hydrogen-bond acceptors (Lipinski definition) is 4. The molecule has 5 nitrogen and oxygen atoms in total. The van der Waals surface area contributed by atoms with Gasteiger partial charge in [-0.2, -0.15) is 0 Å². The third-order valence-corrected chi connectivity index (χ3v) is 5.45. The number of piperidine rings is 1. The largest absolute Gasteiger partial charge is 0.373 e. The number of rotatable bonds is 5. The van der Waals surface area contributed by atoms with Crippen LogP contribution in [-0.2, 0) is 9.53 Å². The molecular formula is C18H37Cl2N3O2. The number of ether oxygens (including phenoxy) is 1. The second kappa shape index (κ2) is 11.6. The number of hydrogen-bond donors (Lipinski definition) is 1. The van der Waals surface area contributed by atoms with Crippen LogP contribution in [0.3, 0.4) is 0 Å². The molecule has 0 aromatic rings. The predicted molar refractivity (Wildman–Crippen MR) is 108 cm³/mol. The fourth-order valence-corrected chi connectivity index (χ4v) is 3.79. The Morgan fingerprint density at radius 3 is 2.12 bits per heavy atom. The number of likely N-dealkylation sites (tertiary alicyclic amines) is 1. The second-order valence-corrected chi connectivity index (χ2v) is 7.72. The number of morpholine rings is 1. The van der Waals surface area contributed by atoms with Crippen LogP contribution in [0.25, 0.3) is 0 Å². The summed E-state index contributed by atoms with van der Waals surface area (Å²) in [7, 11) is 0. The first kappa shape index (κ1) is 24.9. The van der Waals surface area contributed by atoms with Crippen molar-refractivity contribution in [2.24, 2.45) is 17.6 Å². The van der Waals surface area contributed by atoms with Crippen molar-refractivity contribution in [1.29, 1.82) is 0 Å². The maximum Gasteiger partial charge on any atom is 0.226 e. The molecule has 150 valence electrons. The van der Waals surface area contributed by atoms with Crippen LogP contribution in [0.5, 0.6) is 0 Å². The summed E-state index contributed by atoms with van der Waals surface area (Å²) < 4.78 is 5.79. The molecule has 25 heavy (non-hydrogen) atoms. The van der Waals surface area contributed by atoms with E-state index < -0.39 is 0 Å². The zero-order chi connectivity index (χ0) is 17.0. The van der Waals surface area contributed by atoms with E-state index in [1.165, 1.54) is 6.42 Å². The average Bonchev–Trinajstić information content (AvgIpc) is 2.51. The Labute approximate surface area is 165 Å². The Morgan fingerprint density at radius 2 is 1.64 bits per heavy atom. The van der Waals surface area contributed by atoms with Crippen molar-refractivity contribution in [3.05, 3.63) is 0 Å². The van der Waals surface area contributed by atoms with Crippen LogP contribution in [0.1, 0.15) is 47.0 Å². The van der Waals surface area contributed by atoms with Gasteiger partial charge in [0.1, 0.15) is 0 Å². The number of nitrogens with two attached hydrogens (primary N) is 1. The third-order valence-electron chi connectivity index (χ3n) is 5.45. The molecule has 1 amide bonds. The van der Waals surface area contributed by atoms with Crippen molar-refractivity contribution < 1.29 is 9.53 Å². The molecule has 2 N–H and O–H groups in total. The van der Waals surface area contributed by atoms with Crippen LogP contribution in [0.2, 0.25) is 0 Å². The van der Waals surface area contributed by atoms with Crippen molar-refractivity contribution in [2.75, 3.05) is 32.7 Å². The molecule has 2 heterocycles. The van der Waals surface area contributed by atoms with Crippen LogP contribution < -0.4 is 5.73 Å². The Kier molecular flexibility index (Phi) is 11.6. The normalized spacial score (nSPS) is 27.8. The maximum atomic E-state index is 12.3. The van der Waals surface area contributed by atoms with E-state index in [2.05, 4.69) is 18.7 Å². The van der Waals surface area contributed by atoms with E-state index >= 15 is 0 Å². The molecule has 0 aliphatic carbocycles. The Balaban J connectivity index is 0.00000288. The van der Waals surface area contributed by atoms with Gasteiger partial charge in [-0.1, -0.05) is 6.92 Å². The first-order valence-electron chi connectivity index (χ1n) is 9.29. The highest BCUT2D eigenvalue weighted by Crippen LogP contribution is 2.23. The van der Waals surface area contributed by atoms with Crippen molar-refractivity contribution in [3.63, 3.8) is 0 Å². The summed E-state index contributed by atoms with van der Waals surface area (Å²) in [5.41, 5.74) is 5.86. The Hall–Kier alpha value is -0.0700. The quantitative estimate of drug-likeness (QED) is 0.773. The van der Waals surface area contributed by atoms with Crippen LogP contribution >= 0.6 is 24.8 Å². The summed E-state index contributed by atoms with van der Waals surface area (Å²) in [4.78, 5) is 16.9. The number of carbonyl (C=O) groups excluding carboxylic acids is 1. The first-order valence-corrected chi connectivity index (χ1v) is 9.29. The number of halogens is 2. The van der Waals surface area contributed by atoms with Crippen LogP contribution in [0, 0.1) is 11.8 Å². The molecule has 0 bridgehead atoms. The van der Waals surface area contributed by atoms with Gasteiger partial charge in [-0.15, -0.1) is 24.8 Å². The van der Waals surface area contributed by atoms with Crippen molar-refractivity contribution in [2.45, 2.75) is 65.2 Å². The highest BCUT2D eigenvalue weighted by molar-refractivity contribution is 5.85. The number of nitrogens with zero attached hydrogens (tertiary/aromatic N) is 2. The lowest BCUT2D eigenvalue weighted by Gasteiger charge is -2.38. The third kappa shape index (κ3) is 7.59. The van der Waals surface area contributed by atoms with Gasteiger partial charge in [0.25, 0.3) is 0 Å². The SMILES string of the molecule is CC1CN(CCC2CCN(C(=O)C(C)C(C)N)CC2)CC(C)O1.Cl.Cl. The lowest BCUT2D eigenvalue weighted by molar-refractivity contribution is -0.137. The van der Waals surface area contributed by atoms with Crippen LogP contribution in [0.15, 0.2) is 0 Å². The topological polar surface area (TPSA) is 58.8 Å². The van der Waals surface area contributed by atoms with Gasteiger partial charge in [0.2, 0.25) is 5.91 Å². The maximum absolute atomic E-state index is 12.3. The molecule has 2 aliphatic rings. The fraction of sp³-hybridized carbons (Fsp3) is 0.944. The van der Waals surface area contributed by atoms with E-state index in [4.69, 9.17) is 10.5 Å². The summed E-state index contributed by atoms with van der Waals surface area (Å²) in [6, 6.07) is -0.0643. The minimum Gasteiger partial charge on any atom is -0.373 e. The summed E-state index contributed by atoms with van der Waals surface area (Å²) in [5.74, 6) is 0.912. The lowest BCUT2D eigenvalue weighted by atomic mass is 9.92. The van der Waals surface area contributed by atoms with Gasteiger partial charge >= 0.3 is 0 Å². The minimum atomic E-state index is -0.0668. The summed E-state index contributed by atoms with van der Waals surface area (Å²) in [6.07, 6.45) is 4.19. The first-order chi connectivity index (χ1) is 10.9. The fourth-order valence-electron chi connectivity index (χ4n) is 3.79. The minimum absolute atomic E-state index is 0. The average molecular weight is 398 g/mol. The monoisotopic (exact) mass is 397 g/mol. The summed E-state index contributed by atoms with van der Waals surface area (Å²) in [5, 5.41) is 0.